The highest BCUT2D eigenvalue weighted by Gasteiger charge is 1.99. The molecule has 1 N–H and O–H groups in total. The van der Waals surface area contributed by atoms with Crippen LogP contribution in [0.3, 0.4) is 0 Å². The Hall–Kier alpha value is -1.03. The van der Waals surface area contributed by atoms with Crippen molar-refractivity contribution in [2.75, 3.05) is 13.2 Å². The predicted octanol–water partition coefficient (Wildman–Crippen LogP) is 4.66. The molecule has 0 bridgehead atoms. The van der Waals surface area contributed by atoms with E-state index in [1.807, 2.05) is 42.5 Å². The maximum atomic E-state index is 6.05. The summed E-state index contributed by atoms with van der Waals surface area (Å²) in [6, 6.07) is 15.9. The zero-order chi connectivity index (χ0) is 14.2. The zero-order valence-corrected chi connectivity index (χ0v) is 13.5. The van der Waals surface area contributed by atoms with E-state index in [1.54, 1.807) is 0 Å². The molecule has 0 atom stereocenters. The molecule has 4 heteroatoms. The summed E-state index contributed by atoms with van der Waals surface area (Å²) in [5, 5.41) is 4.13. The lowest BCUT2D eigenvalue weighted by atomic mass is 10.2. The summed E-state index contributed by atoms with van der Waals surface area (Å²) >= 11 is 9.43. The van der Waals surface area contributed by atoms with E-state index in [9.17, 15) is 0 Å². The third-order valence-electron chi connectivity index (χ3n) is 2.82. The van der Waals surface area contributed by atoms with E-state index >= 15 is 0 Å². The van der Waals surface area contributed by atoms with Gasteiger partial charge in [-0.3, -0.25) is 0 Å². The Morgan fingerprint density at radius 2 is 1.90 bits per heavy atom. The van der Waals surface area contributed by atoms with Gasteiger partial charge in [0.25, 0.3) is 0 Å². The molecule has 2 nitrogen and oxygen atoms in total. The molecule has 0 aliphatic heterocycles. The van der Waals surface area contributed by atoms with Gasteiger partial charge >= 0.3 is 0 Å². The van der Waals surface area contributed by atoms with Crippen LogP contribution in [0.1, 0.15) is 12.0 Å². The van der Waals surface area contributed by atoms with Gasteiger partial charge in [-0.2, -0.15) is 0 Å². The van der Waals surface area contributed by atoms with Crippen LogP contribution in [0.2, 0.25) is 5.02 Å². The minimum atomic E-state index is 0.720. The summed E-state index contributed by atoms with van der Waals surface area (Å²) < 4.78 is 6.56. The highest BCUT2D eigenvalue weighted by Crippen LogP contribution is 2.23. The summed E-state index contributed by atoms with van der Waals surface area (Å²) in [5.41, 5.74) is 1.18. The Morgan fingerprint density at radius 1 is 1.10 bits per heavy atom. The minimum Gasteiger partial charge on any atom is -0.494 e. The van der Waals surface area contributed by atoms with Crippen LogP contribution in [0, 0.1) is 0 Å². The molecule has 0 saturated carbocycles. The first-order valence-corrected chi connectivity index (χ1v) is 7.75. The van der Waals surface area contributed by atoms with E-state index in [0.29, 0.717) is 0 Å². The Balaban J connectivity index is 1.61. The lowest BCUT2D eigenvalue weighted by Gasteiger charge is -2.08. The average Bonchev–Trinajstić information content (AvgIpc) is 2.47. The maximum absolute atomic E-state index is 6.05. The second kappa shape index (κ2) is 8.30. The molecule has 0 fully saturated rings. The van der Waals surface area contributed by atoms with E-state index in [1.165, 1.54) is 5.56 Å². The molecule has 0 saturated heterocycles. The van der Waals surface area contributed by atoms with Gasteiger partial charge in [0.2, 0.25) is 0 Å². The zero-order valence-electron chi connectivity index (χ0n) is 11.1. The highest BCUT2D eigenvalue weighted by molar-refractivity contribution is 9.10. The topological polar surface area (TPSA) is 21.3 Å². The van der Waals surface area contributed by atoms with E-state index in [4.69, 9.17) is 16.3 Å². The van der Waals surface area contributed by atoms with Crippen molar-refractivity contribution < 1.29 is 4.74 Å². The minimum absolute atomic E-state index is 0.720. The molecule has 0 heterocycles. The summed E-state index contributed by atoms with van der Waals surface area (Å²) in [6.07, 6.45) is 0.971. The number of benzene rings is 2. The fourth-order valence-corrected chi connectivity index (χ4v) is 2.24. The molecular weight excluding hydrogens is 338 g/mol. The largest absolute Gasteiger partial charge is 0.494 e. The number of para-hydroxylation sites is 1. The predicted molar refractivity (Wildman–Crippen MR) is 87.4 cm³/mol. The van der Waals surface area contributed by atoms with Crippen LogP contribution in [0.15, 0.2) is 53.0 Å². The first-order chi connectivity index (χ1) is 9.75. The van der Waals surface area contributed by atoms with Gasteiger partial charge in [-0.05, 0) is 58.7 Å². The monoisotopic (exact) mass is 353 g/mol. The van der Waals surface area contributed by atoms with Crippen LogP contribution < -0.4 is 10.1 Å². The van der Waals surface area contributed by atoms with Crippen LogP contribution in [0.5, 0.6) is 5.75 Å². The molecule has 2 rings (SSSR count). The van der Waals surface area contributed by atoms with Crippen molar-refractivity contribution in [2.45, 2.75) is 13.0 Å². The van der Waals surface area contributed by atoms with E-state index in [-0.39, 0.29) is 0 Å². The van der Waals surface area contributed by atoms with Crippen molar-refractivity contribution >= 4 is 27.5 Å². The van der Waals surface area contributed by atoms with E-state index < -0.39 is 0 Å². The van der Waals surface area contributed by atoms with Gasteiger partial charge in [0, 0.05) is 11.0 Å². The molecule has 0 spiro atoms. The molecule has 2 aromatic carbocycles. The fraction of sp³-hybridized carbons (Fsp3) is 0.250. The smallest absolute Gasteiger partial charge is 0.119 e. The Labute approximate surface area is 133 Å². The van der Waals surface area contributed by atoms with E-state index in [2.05, 4.69) is 27.3 Å². The van der Waals surface area contributed by atoms with Crippen molar-refractivity contribution in [2.24, 2.45) is 0 Å². The Bertz CT molecular complexity index is 533. The molecule has 0 radical (unpaired) electrons. The summed E-state index contributed by atoms with van der Waals surface area (Å²) in [6.45, 7) is 2.46. The van der Waals surface area contributed by atoms with Crippen molar-refractivity contribution in [1.82, 2.24) is 5.32 Å². The number of hydrogen-bond acceptors (Lipinski definition) is 2. The Morgan fingerprint density at radius 3 is 2.65 bits per heavy atom. The van der Waals surface area contributed by atoms with Gasteiger partial charge in [-0.1, -0.05) is 35.9 Å². The second-order valence-electron chi connectivity index (χ2n) is 4.44. The number of rotatable bonds is 7. The molecule has 106 valence electrons. The second-order valence-corrected chi connectivity index (χ2v) is 5.70. The highest BCUT2D eigenvalue weighted by atomic mass is 79.9. The van der Waals surface area contributed by atoms with Gasteiger partial charge < -0.3 is 10.1 Å². The first kappa shape index (κ1) is 15.4. The third-order valence-corrected chi connectivity index (χ3v) is 4.06. The quantitative estimate of drug-likeness (QED) is 0.730. The van der Waals surface area contributed by atoms with E-state index in [0.717, 1.165) is 41.4 Å². The molecule has 0 unspecified atom stereocenters. The van der Waals surface area contributed by atoms with Gasteiger partial charge in [-0.15, -0.1) is 0 Å². The Kier molecular flexibility index (Phi) is 6.37. The van der Waals surface area contributed by atoms with Gasteiger partial charge in [0.05, 0.1) is 11.6 Å². The SMILES string of the molecule is Clc1cc(CNCCCOc2ccccc2)ccc1Br. The molecule has 0 aliphatic carbocycles. The lowest BCUT2D eigenvalue weighted by molar-refractivity contribution is 0.308. The van der Waals surface area contributed by atoms with Crippen molar-refractivity contribution in [1.29, 1.82) is 0 Å². The van der Waals surface area contributed by atoms with Gasteiger partial charge in [0.1, 0.15) is 5.75 Å². The lowest BCUT2D eigenvalue weighted by Crippen LogP contribution is -2.17. The molecule has 0 aromatic heterocycles. The van der Waals surface area contributed by atoms with Crippen molar-refractivity contribution in [3.05, 3.63) is 63.6 Å². The van der Waals surface area contributed by atoms with Crippen LogP contribution in [-0.4, -0.2) is 13.2 Å². The average molecular weight is 355 g/mol. The summed E-state index contributed by atoms with van der Waals surface area (Å²) in [7, 11) is 0. The van der Waals surface area contributed by atoms with Crippen molar-refractivity contribution in [3.8, 4) is 5.75 Å². The normalized spacial score (nSPS) is 10.5. The standard InChI is InChI=1S/C16H17BrClNO/c17-15-8-7-13(11-16(15)18)12-19-9-4-10-20-14-5-2-1-3-6-14/h1-3,5-8,11,19H,4,9-10,12H2. The molecule has 2 aromatic rings. The fourth-order valence-electron chi connectivity index (χ4n) is 1.79. The first-order valence-electron chi connectivity index (χ1n) is 6.58. The number of hydrogen-bond donors (Lipinski definition) is 1. The van der Waals surface area contributed by atoms with Crippen LogP contribution in [0.25, 0.3) is 0 Å². The number of nitrogens with one attached hydrogen (secondary N) is 1. The number of ether oxygens (including phenoxy) is 1. The summed E-state index contributed by atoms with van der Waals surface area (Å²) in [4.78, 5) is 0. The maximum Gasteiger partial charge on any atom is 0.119 e. The molecule has 0 amide bonds. The van der Waals surface area contributed by atoms with Crippen LogP contribution in [-0.2, 0) is 6.54 Å². The molecule has 0 aliphatic rings. The third kappa shape index (κ3) is 5.16. The van der Waals surface area contributed by atoms with Crippen LogP contribution in [0.4, 0.5) is 0 Å². The van der Waals surface area contributed by atoms with Crippen molar-refractivity contribution in [3.63, 3.8) is 0 Å². The number of halogens is 2. The van der Waals surface area contributed by atoms with Crippen LogP contribution >= 0.6 is 27.5 Å². The van der Waals surface area contributed by atoms with Gasteiger partial charge in [-0.25, -0.2) is 0 Å². The molecule has 20 heavy (non-hydrogen) atoms. The molecular formula is C16H17BrClNO. The summed E-state index contributed by atoms with van der Waals surface area (Å²) in [5.74, 6) is 0.923. The van der Waals surface area contributed by atoms with Gasteiger partial charge in [0.15, 0.2) is 0 Å².